The Hall–Kier alpha value is -3.88. The van der Waals surface area contributed by atoms with E-state index in [9.17, 15) is 9.18 Å². The number of tetrazole rings is 1. The normalized spacial score (nSPS) is 11.6. The van der Waals surface area contributed by atoms with Gasteiger partial charge in [0.1, 0.15) is 18.1 Å². The number of hydrogen-bond acceptors (Lipinski definition) is 6. The van der Waals surface area contributed by atoms with Gasteiger partial charge in [-0.2, -0.15) is 9.60 Å². The van der Waals surface area contributed by atoms with Crippen molar-refractivity contribution in [2.24, 2.45) is 0 Å². The smallest absolute Gasteiger partial charge is 0.305 e. The molecule has 0 saturated carbocycles. The highest BCUT2D eigenvalue weighted by Crippen LogP contribution is 2.25. The fraction of sp³-hybridized carbons (Fsp3) is 0.320. The third kappa shape index (κ3) is 7.06. The van der Waals surface area contributed by atoms with Crippen LogP contribution in [0, 0.1) is 5.95 Å². The molecule has 0 atom stereocenters. The molecule has 0 amide bonds. The molecule has 2 rings (SSSR count). The first-order valence-electron chi connectivity index (χ1n) is 11.0. The summed E-state index contributed by atoms with van der Waals surface area (Å²) in [4.78, 5) is 15.7. The van der Waals surface area contributed by atoms with Crippen molar-refractivity contribution in [3.05, 3.63) is 90.6 Å². The molecule has 0 spiro atoms. The van der Waals surface area contributed by atoms with Crippen molar-refractivity contribution >= 4 is 11.5 Å². The number of nitrogens with zero attached hydrogens (tertiary/aromatic N) is 5. The number of allylic oxidation sites excluding steroid dienone is 8. The van der Waals surface area contributed by atoms with E-state index in [2.05, 4.69) is 58.8 Å². The molecule has 8 nitrogen and oxygen atoms in total. The molecular weight excluding hydrogens is 435 g/mol. The number of ether oxygens (including phenoxy) is 1. The number of unbranched alkanes of at least 4 members (excludes halogenated alkanes) is 1. The zero-order chi connectivity index (χ0) is 25.1. The summed E-state index contributed by atoms with van der Waals surface area (Å²) in [5, 5.41) is 13.9. The minimum absolute atomic E-state index is 0.182. The maximum atomic E-state index is 14.6. The Morgan fingerprint density at radius 3 is 2.62 bits per heavy atom. The van der Waals surface area contributed by atoms with Crippen LogP contribution in [0.4, 0.5) is 4.39 Å². The van der Waals surface area contributed by atoms with Gasteiger partial charge in [0.2, 0.25) is 11.8 Å². The summed E-state index contributed by atoms with van der Waals surface area (Å²) in [5.74, 6) is -0.0725. The number of halogens is 1. The van der Waals surface area contributed by atoms with Crippen LogP contribution in [-0.4, -0.2) is 36.1 Å². The van der Waals surface area contributed by atoms with Crippen molar-refractivity contribution in [1.29, 1.82) is 0 Å². The molecule has 9 heteroatoms. The average molecular weight is 467 g/mol. The Kier molecular flexibility index (Phi) is 10.1. The highest BCUT2D eigenvalue weighted by molar-refractivity contribution is 5.81. The largest absolute Gasteiger partial charge is 0.459 e. The van der Waals surface area contributed by atoms with Crippen LogP contribution in [0.2, 0.25) is 0 Å². The van der Waals surface area contributed by atoms with E-state index in [1.54, 1.807) is 35.8 Å². The summed E-state index contributed by atoms with van der Waals surface area (Å²) in [5.41, 5.74) is 2.73. The Morgan fingerprint density at radius 1 is 1.24 bits per heavy atom. The molecule has 0 aliphatic heterocycles. The number of H-pyrrole nitrogens is 1. The van der Waals surface area contributed by atoms with Crippen LogP contribution in [-0.2, 0) is 29.1 Å². The van der Waals surface area contributed by atoms with Gasteiger partial charge in [-0.3, -0.25) is 4.79 Å². The molecule has 2 aromatic rings. The van der Waals surface area contributed by atoms with E-state index in [4.69, 9.17) is 4.74 Å². The molecular formula is C25H31FN6O2. The van der Waals surface area contributed by atoms with Crippen molar-refractivity contribution in [2.45, 2.75) is 52.7 Å². The molecule has 0 aliphatic rings. The van der Waals surface area contributed by atoms with Crippen molar-refractivity contribution in [1.82, 2.24) is 30.2 Å². The van der Waals surface area contributed by atoms with Crippen LogP contribution in [0.15, 0.2) is 67.3 Å². The number of esters is 1. The Morgan fingerprint density at radius 2 is 2.00 bits per heavy atom. The zero-order valence-corrected chi connectivity index (χ0v) is 19.8. The molecule has 2 heterocycles. The van der Waals surface area contributed by atoms with Gasteiger partial charge < -0.3 is 9.30 Å². The first-order valence-corrected chi connectivity index (χ1v) is 11.0. The number of nitrogens with one attached hydrogen (secondary N) is 1. The lowest BCUT2D eigenvalue weighted by Gasteiger charge is -2.13. The third-order valence-corrected chi connectivity index (χ3v) is 4.98. The summed E-state index contributed by atoms with van der Waals surface area (Å²) in [7, 11) is 0. The molecule has 0 saturated heterocycles. The molecule has 0 unspecified atom stereocenters. The number of aromatic amines is 1. The first-order chi connectivity index (χ1) is 16.3. The lowest BCUT2D eigenvalue weighted by atomic mass is 9.99. The van der Waals surface area contributed by atoms with E-state index < -0.39 is 11.9 Å². The fourth-order valence-corrected chi connectivity index (χ4v) is 3.06. The van der Waals surface area contributed by atoms with Gasteiger partial charge in [0.05, 0.1) is 0 Å². The van der Waals surface area contributed by atoms with Gasteiger partial charge in [-0.05, 0) is 28.4 Å². The van der Waals surface area contributed by atoms with Gasteiger partial charge in [-0.25, -0.2) is 4.98 Å². The molecule has 0 radical (unpaired) electrons. The molecule has 0 fully saturated rings. The Balaban J connectivity index is 2.19. The summed E-state index contributed by atoms with van der Waals surface area (Å²) in [6, 6.07) is 0. The minimum atomic E-state index is -0.635. The SMILES string of the molecule is C=C/C=C(\C(=C)C(=C)/C=C\C(=C)Cn1c(CCCC)nc(F)c1COC(=O)CC)c1nn[nH]n1. The summed E-state index contributed by atoms with van der Waals surface area (Å²) >= 11 is 0. The van der Waals surface area contributed by atoms with E-state index in [1.807, 2.05) is 0 Å². The second kappa shape index (κ2) is 13.0. The van der Waals surface area contributed by atoms with Gasteiger partial charge in [-0.15, -0.1) is 10.2 Å². The predicted molar refractivity (Wildman–Crippen MR) is 130 cm³/mol. The number of rotatable bonds is 14. The number of aromatic nitrogens is 6. The number of carbonyl (C=O) groups is 1. The Bertz CT molecular complexity index is 1110. The molecule has 180 valence electrons. The first kappa shape index (κ1) is 26.4. The van der Waals surface area contributed by atoms with Crippen molar-refractivity contribution in [3.63, 3.8) is 0 Å². The van der Waals surface area contributed by atoms with Gasteiger partial charge in [-0.1, -0.05) is 70.9 Å². The minimum Gasteiger partial charge on any atom is -0.459 e. The zero-order valence-electron chi connectivity index (χ0n) is 19.8. The number of imidazole rings is 1. The van der Waals surface area contributed by atoms with Crippen LogP contribution >= 0.6 is 0 Å². The summed E-state index contributed by atoms with van der Waals surface area (Å²) in [6.45, 7) is 19.8. The second-order valence-electron chi connectivity index (χ2n) is 7.52. The lowest BCUT2D eigenvalue weighted by Crippen LogP contribution is -2.12. The molecule has 0 bridgehead atoms. The highest BCUT2D eigenvalue weighted by Gasteiger charge is 2.19. The van der Waals surface area contributed by atoms with E-state index in [0.717, 1.165) is 12.8 Å². The van der Waals surface area contributed by atoms with Crippen LogP contribution < -0.4 is 0 Å². The fourth-order valence-electron chi connectivity index (χ4n) is 3.06. The average Bonchev–Trinajstić information content (AvgIpc) is 3.46. The van der Waals surface area contributed by atoms with Gasteiger partial charge in [0, 0.05) is 25.0 Å². The maximum absolute atomic E-state index is 14.6. The molecule has 34 heavy (non-hydrogen) atoms. The van der Waals surface area contributed by atoms with Crippen LogP contribution in [0.25, 0.3) is 5.57 Å². The lowest BCUT2D eigenvalue weighted by molar-refractivity contribution is -0.144. The second-order valence-corrected chi connectivity index (χ2v) is 7.52. The van der Waals surface area contributed by atoms with Crippen molar-refractivity contribution < 1.29 is 13.9 Å². The molecule has 2 aromatic heterocycles. The summed E-state index contributed by atoms with van der Waals surface area (Å²) < 4.78 is 21.5. The van der Waals surface area contributed by atoms with Crippen molar-refractivity contribution in [2.75, 3.05) is 0 Å². The third-order valence-electron chi connectivity index (χ3n) is 4.98. The van der Waals surface area contributed by atoms with Crippen LogP contribution in [0.5, 0.6) is 0 Å². The number of carbonyl (C=O) groups excluding carboxylic acids is 1. The topological polar surface area (TPSA) is 98.6 Å². The van der Waals surface area contributed by atoms with Gasteiger partial charge in [0.25, 0.3) is 0 Å². The van der Waals surface area contributed by atoms with Crippen molar-refractivity contribution in [3.8, 4) is 0 Å². The summed E-state index contributed by atoms with van der Waals surface area (Å²) in [6.07, 6.45) is 9.49. The monoisotopic (exact) mass is 466 g/mol. The van der Waals surface area contributed by atoms with E-state index in [0.29, 0.717) is 40.4 Å². The van der Waals surface area contributed by atoms with E-state index in [1.165, 1.54) is 0 Å². The number of hydrogen-bond donors (Lipinski definition) is 1. The predicted octanol–water partition coefficient (Wildman–Crippen LogP) is 4.83. The maximum Gasteiger partial charge on any atom is 0.305 e. The van der Waals surface area contributed by atoms with E-state index in [-0.39, 0.29) is 25.3 Å². The van der Waals surface area contributed by atoms with E-state index >= 15 is 0 Å². The molecule has 0 aliphatic carbocycles. The number of aryl methyl sites for hydroxylation is 1. The molecule has 0 aromatic carbocycles. The standard InChI is InChI=1S/C25H31FN6O2/c1-7-10-12-22-27-24(26)21(16-34-23(33)9-3)32(22)15-17(4)13-14-18(5)19(6)20(11-8-2)25-28-30-31-29-25/h8,11,13-14H,2,4-7,9-10,12,15-16H2,1,3H3,(H,28,29,30,31)/b14-13-,20-11+. The van der Waals surface area contributed by atoms with Gasteiger partial charge in [0.15, 0.2) is 0 Å². The quantitative estimate of drug-likeness (QED) is 0.316. The molecule has 1 N–H and O–H groups in total. The highest BCUT2D eigenvalue weighted by atomic mass is 19.1. The Labute approximate surface area is 199 Å². The van der Waals surface area contributed by atoms with Gasteiger partial charge >= 0.3 is 5.97 Å². The van der Waals surface area contributed by atoms with Crippen LogP contribution in [0.3, 0.4) is 0 Å². The van der Waals surface area contributed by atoms with Crippen LogP contribution in [0.1, 0.15) is 50.5 Å².